The van der Waals surface area contributed by atoms with Crippen LogP contribution in [-0.2, 0) is 10.8 Å². The minimum absolute atomic E-state index is 0.0257. The van der Waals surface area contributed by atoms with Crippen LogP contribution in [0.4, 0.5) is 11.4 Å². The van der Waals surface area contributed by atoms with Crippen molar-refractivity contribution < 1.29 is 14.1 Å². The van der Waals surface area contributed by atoms with Crippen LogP contribution < -0.4 is 10.2 Å². The normalized spacial score (nSPS) is 14.8. The van der Waals surface area contributed by atoms with E-state index in [-0.39, 0.29) is 11.4 Å². The van der Waals surface area contributed by atoms with Gasteiger partial charge >= 0.3 is 0 Å². The highest BCUT2D eigenvalue weighted by Gasteiger charge is 2.17. The van der Waals surface area contributed by atoms with Crippen molar-refractivity contribution in [3.8, 4) is 17.1 Å². The molecule has 0 unspecified atom stereocenters. The Hall–Kier alpha value is -3.20. The van der Waals surface area contributed by atoms with Crippen LogP contribution in [0.2, 0.25) is 0 Å². The standard InChI is InChI=1S/C19H19N5O3S/c25-18-12-13(24-8-10-28(27)11-9-24)4-5-16(18)22-19(26)17-3-1-2-14(21-17)15-6-7-20-23-15/h1-7,12,25H,8-11H2,(H,20,23)(H,22,26). The first-order chi connectivity index (χ1) is 13.6. The average molecular weight is 397 g/mol. The van der Waals surface area contributed by atoms with E-state index in [1.807, 2.05) is 6.07 Å². The summed E-state index contributed by atoms with van der Waals surface area (Å²) >= 11 is 0. The Bertz CT molecular complexity index is 1010. The van der Waals surface area contributed by atoms with Crippen molar-refractivity contribution >= 4 is 28.1 Å². The number of phenolic OH excluding ortho intramolecular Hbond substituents is 1. The molecule has 3 heterocycles. The molecule has 0 atom stereocenters. The van der Waals surface area contributed by atoms with Gasteiger partial charge in [-0.1, -0.05) is 6.07 Å². The van der Waals surface area contributed by atoms with Crippen molar-refractivity contribution in [1.29, 1.82) is 0 Å². The highest BCUT2D eigenvalue weighted by molar-refractivity contribution is 7.85. The summed E-state index contributed by atoms with van der Waals surface area (Å²) in [6.45, 7) is 1.37. The number of anilines is 2. The summed E-state index contributed by atoms with van der Waals surface area (Å²) in [6.07, 6.45) is 1.61. The van der Waals surface area contributed by atoms with E-state index in [9.17, 15) is 14.1 Å². The van der Waals surface area contributed by atoms with Gasteiger partial charge in [0.15, 0.2) is 0 Å². The van der Waals surface area contributed by atoms with Crippen LogP contribution >= 0.6 is 0 Å². The van der Waals surface area contributed by atoms with E-state index in [0.717, 1.165) is 5.69 Å². The van der Waals surface area contributed by atoms with Gasteiger partial charge in [0.1, 0.15) is 11.4 Å². The fourth-order valence-electron chi connectivity index (χ4n) is 3.01. The van der Waals surface area contributed by atoms with E-state index in [1.54, 1.807) is 42.6 Å². The van der Waals surface area contributed by atoms with Crippen molar-refractivity contribution in [1.82, 2.24) is 15.2 Å². The third kappa shape index (κ3) is 3.89. The summed E-state index contributed by atoms with van der Waals surface area (Å²) in [7, 11) is -0.761. The number of pyridine rings is 1. The van der Waals surface area contributed by atoms with Crippen molar-refractivity contribution in [2.75, 3.05) is 34.8 Å². The predicted octanol–water partition coefficient (Wildman–Crippen LogP) is 2.00. The van der Waals surface area contributed by atoms with Crippen LogP contribution in [0.25, 0.3) is 11.4 Å². The van der Waals surface area contributed by atoms with Crippen molar-refractivity contribution in [2.45, 2.75) is 0 Å². The molecule has 1 saturated heterocycles. The number of hydrogen-bond donors (Lipinski definition) is 3. The summed E-state index contributed by atoms with van der Waals surface area (Å²) in [6, 6.07) is 12.0. The van der Waals surface area contributed by atoms with Crippen LogP contribution in [0, 0.1) is 0 Å². The molecule has 144 valence electrons. The van der Waals surface area contributed by atoms with E-state index in [4.69, 9.17) is 0 Å². The van der Waals surface area contributed by atoms with Gasteiger partial charge in [0, 0.05) is 53.3 Å². The van der Waals surface area contributed by atoms with Gasteiger partial charge in [0.2, 0.25) is 0 Å². The number of nitrogens with zero attached hydrogens (tertiary/aromatic N) is 3. The average Bonchev–Trinajstić information content (AvgIpc) is 3.25. The minimum atomic E-state index is -0.761. The predicted molar refractivity (Wildman–Crippen MR) is 108 cm³/mol. The molecule has 8 nitrogen and oxygen atoms in total. The lowest BCUT2D eigenvalue weighted by molar-refractivity contribution is 0.102. The number of H-pyrrole nitrogens is 1. The van der Waals surface area contributed by atoms with E-state index in [0.29, 0.717) is 41.7 Å². The fourth-order valence-corrected chi connectivity index (χ4v) is 4.07. The van der Waals surface area contributed by atoms with Crippen LogP contribution in [0.5, 0.6) is 5.75 Å². The van der Waals surface area contributed by atoms with Gasteiger partial charge in [-0.25, -0.2) is 4.98 Å². The number of aromatic nitrogens is 3. The van der Waals surface area contributed by atoms with Crippen LogP contribution in [0.3, 0.4) is 0 Å². The van der Waals surface area contributed by atoms with Gasteiger partial charge in [0.05, 0.1) is 17.1 Å². The number of rotatable bonds is 4. The van der Waals surface area contributed by atoms with Gasteiger partial charge < -0.3 is 15.3 Å². The lowest BCUT2D eigenvalue weighted by atomic mass is 10.2. The van der Waals surface area contributed by atoms with E-state index in [2.05, 4.69) is 25.4 Å². The Labute approximate surface area is 164 Å². The minimum Gasteiger partial charge on any atom is -0.506 e. The Balaban J connectivity index is 1.49. The van der Waals surface area contributed by atoms with Crippen LogP contribution in [0.15, 0.2) is 48.7 Å². The van der Waals surface area contributed by atoms with Gasteiger partial charge in [-0.15, -0.1) is 0 Å². The highest BCUT2D eigenvalue weighted by atomic mass is 32.2. The molecule has 0 aliphatic carbocycles. The molecule has 9 heteroatoms. The molecule has 3 aromatic rings. The third-order valence-corrected chi connectivity index (χ3v) is 5.81. The molecular weight excluding hydrogens is 378 g/mol. The van der Waals surface area contributed by atoms with Gasteiger partial charge in [-0.3, -0.25) is 14.1 Å². The Morgan fingerprint density at radius 2 is 2.00 bits per heavy atom. The quantitative estimate of drug-likeness (QED) is 0.581. The molecule has 0 bridgehead atoms. The lowest BCUT2D eigenvalue weighted by Gasteiger charge is -2.28. The number of hydrogen-bond acceptors (Lipinski definition) is 6. The van der Waals surface area contributed by atoms with E-state index >= 15 is 0 Å². The molecule has 0 saturated carbocycles. The molecule has 28 heavy (non-hydrogen) atoms. The third-order valence-electron chi connectivity index (χ3n) is 4.53. The smallest absolute Gasteiger partial charge is 0.274 e. The summed E-state index contributed by atoms with van der Waals surface area (Å²) in [5, 5.41) is 19.7. The van der Waals surface area contributed by atoms with Crippen LogP contribution in [0.1, 0.15) is 10.5 Å². The number of aromatic hydroxyl groups is 1. The SMILES string of the molecule is O=C(Nc1ccc(N2CCS(=O)CC2)cc1O)c1cccc(-c2ccn[nH]2)n1. The molecule has 3 N–H and O–H groups in total. The summed E-state index contributed by atoms with van der Waals surface area (Å²) in [4.78, 5) is 19.0. The van der Waals surface area contributed by atoms with Crippen molar-refractivity contribution in [2.24, 2.45) is 0 Å². The second-order valence-electron chi connectivity index (χ2n) is 6.37. The zero-order chi connectivity index (χ0) is 19.5. The number of amides is 1. The first-order valence-corrected chi connectivity index (χ1v) is 10.3. The number of phenols is 1. The molecule has 2 aromatic heterocycles. The maximum atomic E-state index is 12.6. The van der Waals surface area contributed by atoms with Crippen LogP contribution in [-0.4, -0.2) is 55.0 Å². The van der Waals surface area contributed by atoms with E-state index in [1.165, 1.54) is 0 Å². The molecule has 1 amide bonds. The van der Waals surface area contributed by atoms with Gasteiger partial charge in [-0.05, 0) is 30.3 Å². The zero-order valence-electron chi connectivity index (χ0n) is 15.0. The van der Waals surface area contributed by atoms with Gasteiger partial charge in [0.25, 0.3) is 5.91 Å². The van der Waals surface area contributed by atoms with Crippen molar-refractivity contribution in [3.05, 3.63) is 54.4 Å². The summed E-state index contributed by atoms with van der Waals surface area (Å²) in [5.41, 5.74) is 2.69. The van der Waals surface area contributed by atoms with Gasteiger partial charge in [-0.2, -0.15) is 5.10 Å². The Kier molecular flexibility index (Phi) is 5.07. The second-order valence-corrected chi connectivity index (χ2v) is 8.07. The Morgan fingerprint density at radius 3 is 2.71 bits per heavy atom. The van der Waals surface area contributed by atoms with Crippen molar-refractivity contribution in [3.63, 3.8) is 0 Å². The molecule has 1 aliphatic rings. The largest absolute Gasteiger partial charge is 0.506 e. The monoisotopic (exact) mass is 397 g/mol. The maximum Gasteiger partial charge on any atom is 0.274 e. The number of benzene rings is 1. The molecule has 0 radical (unpaired) electrons. The number of carbonyl (C=O) groups is 1. The topological polar surface area (TPSA) is 111 Å². The molecule has 1 fully saturated rings. The first kappa shape index (κ1) is 18.2. The zero-order valence-corrected chi connectivity index (χ0v) is 15.8. The number of aromatic amines is 1. The van der Waals surface area contributed by atoms with E-state index < -0.39 is 16.7 Å². The lowest BCUT2D eigenvalue weighted by Crippen LogP contribution is -2.37. The molecule has 0 spiro atoms. The number of carbonyl (C=O) groups excluding carboxylic acids is 1. The highest BCUT2D eigenvalue weighted by Crippen LogP contribution is 2.29. The molecule has 4 rings (SSSR count). The second kappa shape index (κ2) is 7.81. The molecule has 1 aromatic carbocycles. The first-order valence-electron chi connectivity index (χ1n) is 8.81. The Morgan fingerprint density at radius 1 is 1.18 bits per heavy atom. The maximum absolute atomic E-state index is 12.6. The summed E-state index contributed by atoms with van der Waals surface area (Å²) in [5.74, 6) is 0.801. The molecular formula is C19H19N5O3S. The molecule has 1 aliphatic heterocycles. The fraction of sp³-hybridized carbons (Fsp3) is 0.211. The number of nitrogens with one attached hydrogen (secondary N) is 2. The summed E-state index contributed by atoms with van der Waals surface area (Å²) < 4.78 is 11.5.